The summed E-state index contributed by atoms with van der Waals surface area (Å²) in [6.45, 7) is 4.28. The molecule has 1 amide bonds. The fourth-order valence-corrected chi connectivity index (χ4v) is 3.38. The molecule has 1 fully saturated rings. The number of hydrogen-bond donors (Lipinski definition) is 1. The van der Waals surface area contributed by atoms with Crippen LogP contribution in [0.25, 0.3) is 0 Å². The van der Waals surface area contributed by atoms with Gasteiger partial charge in [-0.25, -0.2) is 8.42 Å². The predicted molar refractivity (Wildman–Crippen MR) is 67.3 cm³/mol. The molecule has 0 aromatic heterocycles. The largest absolute Gasteiger partial charge is 0.378 e. The SMILES string of the molecule is CC(C)NC(=O)C1COCCN1S(=O)(=O)CBr. The molecule has 1 rings (SSSR count). The Hall–Kier alpha value is -0.180. The van der Waals surface area contributed by atoms with Crippen LogP contribution in [-0.2, 0) is 19.6 Å². The van der Waals surface area contributed by atoms with Crippen molar-refractivity contribution in [3.8, 4) is 0 Å². The summed E-state index contributed by atoms with van der Waals surface area (Å²) in [4.78, 5) is 11.9. The van der Waals surface area contributed by atoms with Crippen LogP contribution in [0.2, 0.25) is 0 Å². The van der Waals surface area contributed by atoms with E-state index in [1.165, 1.54) is 4.31 Å². The van der Waals surface area contributed by atoms with Gasteiger partial charge < -0.3 is 10.1 Å². The standard InChI is InChI=1S/C9H17BrN2O4S/c1-7(2)11-9(13)8-5-16-4-3-12(8)17(14,15)6-10/h7-8H,3-6H2,1-2H3,(H,11,13). The minimum Gasteiger partial charge on any atom is -0.378 e. The number of sulfonamides is 1. The van der Waals surface area contributed by atoms with Crippen LogP contribution in [-0.4, -0.2) is 55.1 Å². The summed E-state index contributed by atoms with van der Waals surface area (Å²) >= 11 is 2.93. The highest BCUT2D eigenvalue weighted by molar-refractivity contribution is 9.10. The Morgan fingerprint density at radius 1 is 1.59 bits per heavy atom. The molecule has 1 atom stereocenters. The first-order chi connectivity index (χ1) is 7.88. The van der Waals surface area contributed by atoms with E-state index in [0.717, 1.165) is 0 Å². The average Bonchev–Trinajstić information content (AvgIpc) is 2.28. The lowest BCUT2D eigenvalue weighted by Crippen LogP contribution is -2.56. The summed E-state index contributed by atoms with van der Waals surface area (Å²) < 4.78 is 29.8. The van der Waals surface area contributed by atoms with E-state index in [4.69, 9.17) is 4.74 Å². The normalized spacial score (nSPS) is 22.7. The predicted octanol–water partition coefficient (Wildman–Crippen LogP) is -0.106. The molecular formula is C9H17BrN2O4S. The van der Waals surface area contributed by atoms with E-state index in [1.807, 2.05) is 13.8 Å². The molecule has 6 nitrogen and oxygen atoms in total. The number of carbonyl (C=O) groups excluding carboxylic acids is 1. The van der Waals surface area contributed by atoms with Crippen LogP contribution in [0.15, 0.2) is 0 Å². The first kappa shape index (κ1) is 14.9. The molecule has 17 heavy (non-hydrogen) atoms. The smallest absolute Gasteiger partial charge is 0.241 e. The number of halogens is 1. The van der Waals surface area contributed by atoms with Gasteiger partial charge in [0, 0.05) is 12.6 Å². The van der Waals surface area contributed by atoms with Gasteiger partial charge in [0.15, 0.2) is 0 Å². The van der Waals surface area contributed by atoms with E-state index in [1.54, 1.807) is 0 Å². The number of nitrogens with one attached hydrogen (secondary N) is 1. The van der Waals surface area contributed by atoms with E-state index in [2.05, 4.69) is 21.2 Å². The van der Waals surface area contributed by atoms with E-state index >= 15 is 0 Å². The number of alkyl halides is 1. The van der Waals surface area contributed by atoms with Gasteiger partial charge in [-0.15, -0.1) is 0 Å². The molecule has 0 radical (unpaired) electrons. The van der Waals surface area contributed by atoms with E-state index in [0.29, 0.717) is 6.61 Å². The number of rotatable bonds is 4. The van der Waals surface area contributed by atoms with Crippen LogP contribution in [0.3, 0.4) is 0 Å². The number of morpholine rings is 1. The van der Waals surface area contributed by atoms with Crippen molar-refractivity contribution in [3.63, 3.8) is 0 Å². The number of hydrogen-bond acceptors (Lipinski definition) is 4. The monoisotopic (exact) mass is 328 g/mol. The maximum atomic E-state index is 11.9. The minimum absolute atomic E-state index is 0.0297. The molecule has 1 aliphatic rings. The topological polar surface area (TPSA) is 75.7 Å². The van der Waals surface area contributed by atoms with Crippen LogP contribution < -0.4 is 5.32 Å². The molecule has 0 aromatic rings. The third-order valence-electron chi connectivity index (χ3n) is 2.31. The maximum Gasteiger partial charge on any atom is 0.241 e. The van der Waals surface area contributed by atoms with Gasteiger partial charge in [-0.05, 0) is 13.8 Å². The Kier molecular flexibility index (Phi) is 5.36. The lowest BCUT2D eigenvalue weighted by Gasteiger charge is -2.33. The molecule has 100 valence electrons. The Morgan fingerprint density at radius 2 is 2.24 bits per heavy atom. The highest BCUT2D eigenvalue weighted by atomic mass is 79.9. The second kappa shape index (κ2) is 6.12. The zero-order chi connectivity index (χ0) is 13.1. The molecule has 1 N–H and O–H groups in total. The van der Waals surface area contributed by atoms with Crippen LogP contribution >= 0.6 is 15.9 Å². The fourth-order valence-electron chi connectivity index (χ4n) is 1.57. The third-order valence-corrected chi connectivity index (χ3v) is 5.47. The number of ether oxygens (including phenoxy) is 1. The molecular weight excluding hydrogens is 312 g/mol. The molecule has 1 saturated heterocycles. The van der Waals surface area contributed by atoms with E-state index in [-0.39, 0.29) is 29.8 Å². The third kappa shape index (κ3) is 3.90. The first-order valence-corrected chi connectivity index (χ1v) is 8.05. The number of amides is 1. The molecule has 1 heterocycles. The molecule has 0 aliphatic carbocycles. The first-order valence-electron chi connectivity index (χ1n) is 5.32. The van der Waals surface area contributed by atoms with Crippen LogP contribution in [0.1, 0.15) is 13.8 Å². The van der Waals surface area contributed by atoms with Crippen molar-refractivity contribution in [1.29, 1.82) is 0 Å². The average molecular weight is 329 g/mol. The van der Waals surface area contributed by atoms with Gasteiger partial charge in [0.2, 0.25) is 15.9 Å². The van der Waals surface area contributed by atoms with Gasteiger partial charge in [0.05, 0.1) is 13.2 Å². The Balaban J connectivity index is 2.83. The van der Waals surface area contributed by atoms with Crippen LogP contribution in [0, 0.1) is 0 Å². The molecule has 1 aliphatic heterocycles. The summed E-state index contributed by atoms with van der Waals surface area (Å²) in [5.41, 5.74) is 0. The van der Waals surface area contributed by atoms with Crippen molar-refractivity contribution in [2.45, 2.75) is 25.9 Å². The summed E-state index contributed by atoms with van der Waals surface area (Å²) in [7, 11) is -3.44. The molecule has 0 saturated carbocycles. The molecule has 1 unspecified atom stereocenters. The molecule has 0 spiro atoms. The highest BCUT2D eigenvalue weighted by Crippen LogP contribution is 2.14. The fraction of sp³-hybridized carbons (Fsp3) is 0.889. The Morgan fingerprint density at radius 3 is 2.76 bits per heavy atom. The highest BCUT2D eigenvalue weighted by Gasteiger charge is 2.36. The maximum absolute atomic E-state index is 11.9. The number of carbonyl (C=O) groups is 1. The minimum atomic E-state index is -3.44. The van der Waals surface area contributed by atoms with Crippen molar-refractivity contribution in [2.24, 2.45) is 0 Å². The number of nitrogens with zero attached hydrogens (tertiary/aromatic N) is 1. The zero-order valence-corrected chi connectivity index (χ0v) is 12.3. The molecule has 0 bridgehead atoms. The Labute approximate surface area is 110 Å². The lowest BCUT2D eigenvalue weighted by atomic mass is 10.2. The zero-order valence-electron chi connectivity index (χ0n) is 9.85. The summed E-state index contributed by atoms with van der Waals surface area (Å²) in [5, 5.41) is 2.70. The molecule has 8 heteroatoms. The van der Waals surface area contributed by atoms with Crippen LogP contribution in [0.5, 0.6) is 0 Å². The quantitative estimate of drug-likeness (QED) is 0.731. The van der Waals surface area contributed by atoms with Gasteiger partial charge in [-0.2, -0.15) is 4.31 Å². The summed E-state index contributed by atoms with van der Waals surface area (Å²) in [5.74, 6) is -0.316. The van der Waals surface area contributed by atoms with Gasteiger partial charge in [0.25, 0.3) is 0 Å². The Bertz CT molecular complexity index is 371. The van der Waals surface area contributed by atoms with Crippen molar-refractivity contribution < 1.29 is 17.9 Å². The van der Waals surface area contributed by atoms with Crippen molar-refractivity contribution in [3.05, 3.63) is 0 Å². The second-order valence-corrected chi connectivity index (χ2v) is 7.31. The van der Waals surface area contributed by atoms with E-state index in [9.17, 15) is 13.2 Å². The van der Waals surface area contributed by atoms with Crippen molar-refractivity contribution >= 4 is 31.9 Å². The van der Waals surface area contributed by atoms with E-state index < -0.39 is 16.1 Å². The van der Waals surface area contributed by atoms with Gasteiger partial charge in [0.1, 0.15) is 10.7 Å². The summed E-state index contributed by atoms with van der Waals surface area (Å²) in [6.07, 6.45) is 0. The lowest BCUT2D eigenvalue weighted by molar-refractivity contribution is -0.129. The van der Waals surface area contributed by atoms with Gasteiger partial charge >= 0.3 is 0 Å². The van der Waals surface area contributed by atoms with Gasteiger partial charge in [-0.3, -0.25) is 4.79 Å². The van der Waals surface area contributed by atoms with Crippen molar-refractivity contribution in [2.75, 3.05) is 24.4 Å². The van der Waals surface area contributed by atoms with Crippen LogP contribution in [0.4, 0.5) is 0 Å². The second-order valence-electron chi connectivity index (χ2n) is 4.09. The summed E-state index contributed by atoms with van der Waals surface area (Å²) in [6, 6.07) is -0.799. The van der Waals surface area contributed by atoms with Gasteiger partial charge in [-0.1, -0.05) is 15.9 Å². The molecule has 0 aromatic carbocycles. The van der Waals surface area contributed by atoms with Crippen molar-refractivity contribution in [1.82, 2.24) is 9.62 Å².